The molecule has 0 saturated carbocycles. The summed E-state index contributed by atoms with van der Waals surface area (Å²) in [5, 5.41) is 0. The van der Waals surface area contributed by atoms with Crippen molar-refractivity contribution in [2.45, 2.75) is 44.1 Å². The molecule has 2 heterocycles. The summed E-state index contributed by atoms with van der Waals surface area (Å²) in [5.41, 5.74) is 8.68. The summed E-state index contributed by atoms with van der Waals surface area (Å²) in [6, 6.07) is 8.84. The normalized spacial score (nSPS) is 25.1. The van der Waals surface area contributed by atoms with E-state index < -0.39 is 0 Å². The quantitative estimate of drug-likeness (QED) is 0.867. The molecule has 110 valence electrons. The van der Waals surface area contributed by atoms with Crippen molar-refractivity contribution in [1.82, 2.24) is 0 Å². The zero-order chi connectivity index (χ0) is 13.8. The van der Waals surface area contributed by atoms with Gasteiger partial charge in [-0.05, 0) is 50.3 Å². The van der Waals surface area contributed by atoms with Crippen molar-refractivity contribution in [2.75, 3.05) is 31.1 Å². The zero-order valence-corrected chi connectivity index (χ0v) is 12.3. The number of fused-ring (bicyclic) bond motifs is 1. The zero-order valence-electron chi connectivity index (χ0n) is 12.3. The lowest BCUT2D eigenvalue weighted by molar-refractivity contribution is 0.103. The topological polar surface area (TPSA) is 38.5 Å². The summed E-state index contributed by atoms with van der Waals surface area (Å²) >= 11 is 0. The summed E-state index contributed by atoms with van der Waals surface area (Å²) in [5.74, 6) is 0.624. The first-order valence-corrected chi connectivity index (χ1v) is 8.04. The Morgan fingerprint density at radius 1 is 1.25 bits per heavy atom. The predicted octanol–water partition coefficient (Wildman–Crippen LogP) is 2.90. The van der Waals surface area contributed by atoms with Crippen LogP contribution in [0, 0.1) is 0 Å². The Bertz CT molecular complexity index is 429. The molecular weight excluding hydrogens is 248 g/mol. The van der Waals surface area contributed by atoms with Gasteiger partial charge in [-0.1, -0.05) is 18.2 Å². The van der Waals surface area contributed by atoms with Gasteiger partial charge in [0, 0.05) is 31.3 Å². The Morgan fingerprint density at radius 2 is 2.15 bits per heavy atom. The van der Waals surface area contributed by atoms with Crippen LogP contribution in [0.2, 0.25) is 0 Å². The predicted molar refractivity (Wildman–Crippen MR) is 83.3 cm³/mol. The maximum Gasteiger partial charge on any atom is 0.0576 e. The van der Waals surface area contributed by atoms with E-state index in [4.69, 9.17) is 10.5 Å². The Labute approximate surface area is 122 Å². The van der Waals surface area contributed by atoms with Crippen molar-refractivity contribution < 1.29 is 4.74 Å². The maximum atomic E-state index is 5.76. The molecule has 2 aliphatic heterocycles. The molecule has 3 heteroatoms. The standard InChI is InChI=1S/C17H26N2O/c18-10-9-14-13-19(17-8-2-1-7-16(14)17)11-3-5-15-6-4-12-20-15/h1-2,7-8,14-15H,3-6,9-13,18H2. The van der Waals surface area contributed by atoms with Gasteiger partial charge in [-0.15, -0.1) is 0 Å². The number of para-hydroxylation sites is 1. The van der Waals surface area contributed by atoms with E-state index in [1.54, 1.807) is 0 Å². The average Bonchev–Trinajstić information content (AvgIpc) is 3.09. The molecule has 1 fully saturated rings. The van der Waals surface area contributed by atoms with Crippen LogP contribution >= 0.6 is 0 Å². The van der Waals surface area contributed by atoms with Gasteiger partial charge in [0.05, 0.1) is 6.10 Å². The second-order valence-electron chi connectivity index (χ2n) is 6.06. The highest BCUT2D eigenvalue weighted by Crippen LogP contribution is 2.37. The second kappa shape index (κ2) is 6.59. The molecule has 0 aromatic heterocycles. The van der Waals surface area contributed by atoms with Gasteiger partial charge in [-0.3, -0.25) is 0 Å². The van der Waals surface area contributed by atoms with Crippen LogP contribution in [0.3, 0.4) is 0 Å². The van der Waals surface area contributed by atoms with Crippen LogP contribution in [-0.2, 0) is 4.74 Å². The Kier molecular flexibility index (Phi) is 4.58. The van der Waals surface area contributed by atoms with E-state index in [2.05, 4.69) is 29.2 Å². The minimum Gasteiger partial charge on any atom is -0.378 e. The third kappa shape index (κ3) is 2.99. The SMILES string of the molecule is NCCC1CN(CCCC2CCCO2)c2ccccc21. The third-order valence-electron chi connectivity index (χ3n) is 4.65. The number of hydrogen-bond donors (Lipinski definition) is 1. The third-order valence-corrected chi connectivity index (χ3v) is 4.65. The Morgan fingerprint density at radius 3 is 2.95 bits per heavy atom. The van der Waals surface area contributed by atoms with Crippen molar-refractivity contribution in [3.05, 3.63) is 29.8 Å². The summed E-state index contributed by atoms with van der Waals surface area (Å²) in [4.78, 5) is 2.55. The number of rotatable bonds is 6. The molecule has 1 saturated heterocycles. The van der Waals surface area contributed by atoms with E-state index in [1.807, 2.05) is 0 Å². The van der Waals surface area contributed by atoms with E-state index in [0.29, 0.717) is 12.0 Å². The molecule has 2 unspecified atom stereocenters. The Balaban J connectivity index is 1.57. The van der Waals surface area contributed by atoms with Gasteiger partial charge in [0.15, 0.2) is 0 Å². The molecule has 2 atom stereocenters. The second-order valence-corrected chi connectivity index (χ2v) is 6.06. The number of nitrogens with zero attached hydrogens (tertiary/aromatic N) is 1. The first-order chi connectivity index (χ1) is 9.88. The molecule has 0 amide bonds. The van der Waals surface area contributed by atoms with Crippen LogP contribution in [0.1, 0.15) is 43.6 Å². The highest BCUT2D eigenvalue weighted by molar-refractivity contribution is 5.60. The maximum absolute atomic E-state index is 5.76. The fraction of sp³-hybridized carbons (Fsp3) is 0.647. The number of ether oxygens (including phenoxy) is 1. The number of benzene rings is 1. The minimum absolute atomic E-state index is 0.521. The van der Waals surface area contributed by atoms with E-state index in [-0.39, 0.29) is 0 Å². The van der Waals surface area contributed by atoms with Crippen molar-refractivity contribution in [1.29, 1.82) is 0 Å². The van der Waals surface area contributed by atoms with Crippen molar-refractivity contribution in [3.63, 3.8) is 0 Å². The lowest BCUT2D eigenvalue weighted by Crippen LogP contribution is -2.24. The lowest BCUT2D eigenvalue weighted by atomic mass is 9.98. The van der Waals surface area contributed by atoms with Gasteiger partial charge in [-0.25, -0.2) is 0 Å². The molecule has 3 rings (SSSR count). The summed E-state index contributed by atoms with van der Waals surface area (Å²) in [7, 11) is 0. The molecule has 0 bridgehead atoms. The van der Waals surface area contributed by atoms with Crippen LogP contribution in [0.15, 0.2) is 24.3 Å². The first kappa shape index (κ1) is 13.9. The lowest BCUT2D eigenvalue weighted by Gasteiger charge is -2.20. The molecule has 20 heavy (non-hydrogen) atoms. The molecule has 2 N–H and O–H groups in total. The van der Waals surface area contributed by atoms with Gasteiger partial charge >= 0.3 is 0 Å². The number of anilines is 1. The van der Waals surface area contributed by atoms with E-state index in [0.717, 1.165) is 32.7 Å². The highest BCUT2D eigenvalue weighted by Gasteiger charge is 2.27. The van der Waals surface area contributed by atoms with Crippen LogP contribution < -0.4 is 10.6 Å². The average molecular weight is 274 g/mol. The minimum atomic E-state index is 0.521. The van der Waals surface area contributed by atoms with E-state index in [9.17, 15) is 0 Å². The number of nitrogens with two attached hydrogens (primary N) is 1. The number of hydrogen-bond acceptors (Lipinski definition) is 3. The van der Waals surface area contributed by atoms with Crippen molar-refractivity contribution in [3.8, 4) is 0 Å². The first-order valence-electron chi connectivity index (χ1n) is 8.04. The van der Waals surface area contributed by atoms with Crippen molar-refractivity contribution >= 4 is 5.69 Å². The summed E-state index contributed by atoms with van der Waals surface area (Å²) in [6.45, 7) is 4.04. The molecule has 3 nitrogen and oxygen atoms in total. The highest BCUT2D eigenvalue weighted by atomic mass is 16.5. The van der Waals surface area contributed by atoms with Gasteiger partial charge in [-0.2, -0.15) is 0 Å². The van der Waals surface area contributed by atoms with Crippen LogP contribution in [0.25, 0.3) is 0 Å². The molecule has 2 aliphatic rings. The van der Waals surface area contributed by atoms with Crippen molar-refractivity contribution in [2.24, 2.45) is 5.73 Å². The molecule has 0 spiro atoms. The van der Waals surface area contributed by atoms with Gasteiger partial charge in [0.25, 0.3) is 0 Å². The van der Waals surface area contributed by atoms with Crippen LogP contribution in [-0.4, -0.2) is 32.3 Å². The van der Waals surface area contributed by atoms with Gasteiger partial charge in [0.1, 0.15) is 0 Å². The molecule has 1 aromatic rings. The largest absolute Gasteiger partial charge is 0.378 e. The fourth-order valence-electron chi connectivity index (χ4n) is 3.63. The van der Waals surface area contributed by atoms with Crippen LogP contribution in [0.4, 0.5) is 5.69 Å². The monoisotopic (exact) mass is 274 g/mol. The van der Waals surface area contributed by atoms with Crippen LogP contribution in [0.5, 0.6) is 0 Å². The Hall–Kier alpha value is -1.06. The molecule has 0 aliphatic carbocycles. The van der Waals surface area contributed by atoms with E-state index >= 15 is 0 Å². The smallest absolute Gasteiger partial charge is 0.0576 e. The van der Waals surface area contributed by atoms with E-state index in [1.165, 1.54) is 36.9 Å². The summed E-state index contributed by atoms with van der Waals surface area (Å²) in [6.07, 6.45) is 6.56. The summed E-state index contributed by atoms with van der Waals surface area (Å²) < 4.78 is 5.71. The molecular formula is C17H26N2O. The van der Waals surface area contributed by atoms with Gasteiger partial charge < -0.3 is 15.4 Å². The fourth-order valence-corrected chi connectivity index (χ4v) is 3.63. The molecule has 1 aromatic carbocycles. The molecule has 0 radical (unpaired) electrons. The van der Waals surface area contributed by atoms with Gasteiger partial charge in [0.2, 0.25) is 0 Å².